The topological polar surface area (TPSA) is 84.5 Å². The van der Waals surface area contributed by atoms with Crippen LogP contribution in [0.3, 0.4) is 0 Å². The fourth-order valence-electron chi connectivity index (χ4n) is 2.85. The average Bonchev–Trinajstić information content (AvgIpc) is 3.38. The minimum absolute atomic E-state index is 0.164. The van der Waals surface area contributed by atoms with Crippen LogP contribution in [0, 0.1) is 0 Å². The number of carbonyl (C=O) groups is 2. The van der Waals surface area contributed by atoms with Gasteiger partial charge in [-0.3, -0.25) is 9.59 Å². The SMILES string of the molecule is O=C(CCNC(=O)c1ccco1)Nc1ccc(-c2cc3ccccc3o2)cc1. The Morgan fingerprint density at radius 1 is 0.929 bits per heavy atom. The van der Waals surface area contributed by atoms with E-state index in [2.05, 4.69) is 10.6 Å². The molecule has 6 heteroatoms. The van der Waals surface area contributed by atoms with Gasteiger partial charge in [0.05, 0.1) is 6.26 Å². The van der Waals surface area contributed by atoms with Crippen molar-refractivity contribution in [1.82, 2.24) is 5.32 Å². The first-order chi connectivity index (χ1) is 13.7. The van der Waals surface area contributed by atoms with Crippen molar-refractivity contribution < 1.29 is 18.4 Å². The van der Waals surface area contributed by atoms with Crippen molar-refractivity contribution in [3.8, 4) is 11.3 Å². The van der Waals surface area contributed by atoms with Gasteiger partial charge in [-0.2, -0.15) is 0 Å². The number of benzene rings is 2. The molecule has 0 radical (unpaired) electrons. The van der Waals surface area contributed by atoms with Crippen molar-refractivity contribution in [1.29, 1.82) is 0 Å². The number of anilines is 1. The molecule has 0 spiro atoms. The third-order valence-corrected chi connectivity index (χ3v) is 4.26. The Morgan fingerprint density at radius 2 is 1.75 bits per heavy atom. The van der Waals surface area contributed by atoms with Crippen LogP contribution in [0.4, 0.5) is 5.69 Å². The van der Waals surface area contributed by atoms with Crippen molar-refractivity contribution in [3.63, 3.8) is 0 Å². The maximum Gasteiger partial charge on any atom is 0.286 e. The lowest BCUT2D eigenvalue weighted by Gasteiger charge is -2.06. The molecular formula is C22H18N2O4. The fourth-order valence-corrected chi connectivity index (χ4v) is 2.85. The smallest absolute Gasteiger partial charge is 0.286 e. The highest BCUT2D eigenvalue weighted by atomic mass is 16.3. The number of nitrogens with one attached hydrogen (secondary N) is 2. The highest BCUT2D eigenvalue weighted by Crippen LogP contribution is 2.28. The standard InChI is InChI=1S/C22H18N2O4/c25-21(11-12-23-22(26)19-6-3-13-27-19)24-17-9-7-15(8-10-17)20-14-16-4-1-2-5-18(16)28-20/h1-10,13-14H,11-12H2,(H,23,26)(H,24,25). The Bertz CT molecular complexity index is 1060. The van der Waals surface area contributed by atoms with Crippen LogP contribution < -0.4 is 10.6 Å². The predicted octanol–water partition coefficient (Wildman–Crippen LogP) is 4.45. The molecule has 2 amide bonds. The molecule has 140 valence electrons. The molecule has 0 aliphatic heterocycles. The summed E-state index contributed by atoms with van der Waals surface area (Å²) >= 11 is 0. The van der Waals surface area contributed by atoms with Crippen molar-refractivity contribution in [2.75, 3.05) is 11.9 Å². The zero-order valence-corrected chi connectivity index (χ0v) is 15.0. The van der Waals surface area contributed by atoms with E-state index in [4.69, 9.17) is 8.83 Å². The van der Waals surface area contributed by atoms with Crippen LogP contribution in [-0.4, -0.2) is 18.4 Å². The first-order valence-electron chi connectivity index (χ1n) is 8.89. The number of furan rings is 2. The van der Waals surface area contributed by atoms with E-state index >= 15 is 0 Å². The van der Waals surface area contributed by atoms with Gasteiger partial charge in [-0.1, -0.05) is 18.2 Å². The van der Waals surface area contributed by atoms with Crippen LogP contribution in [0.15, 0.2) is 81.8 Å². The van der Waals surface area contributed by atoms with Gasteiger partial charge in [-0.15, -0.1) is 0 Å². The molecule has 2 aromatic carbocycles. The fraction of sp³-hybridized carbons (Fsp3) is 0.0909. The molecule has 28 heavy (non-hydrogen) atoms. The summed E-state index contributed by atoms with van der Waals surface area (Å²) in [4.78, 5) is 23.8. The molecule has 2 N–H and O–H groups in total. The summed E-state index contributed by atoms with van der Waals surface area (Å²) in [5, 5.41) is 6.50. The number of hydrogen-bond acceptors (Lipinski definition) is 4. The van der Waals surface area contributed by atoms with E-state index in [1.165, 1.54) is 6.26 Å². The van der Waals surface area contributed by atoms with Gasteiger partial charge in [0, 0.05) is 29.6 Å². The van der Waals surface area contributed by atoms with E-state index in [0.717, 1.165) is 22.3 Å². The molecule has 4 aromatic rings. The Hall–Kier alpha value is -3.80. The molecule has 0 aliphatic rings. The summed E-state index contributed by atoms with van der Waals surface area (Å²) < 4.78 is 10.8. The van der Waals surface area contributed by atoms with E-state index in [-0.39, 0.29) is 30.5 Å². The lowest BCUT2D eigenvalue weighted by Crippen LogP contribution is -2.27. The molecule has 0 unspecified atom stereocenters. The van der Waals surface area contributed by atoms with Crippen molar-refractivity contribution in [2.24, 2.45) is 0 Å². The van der Waals surface area contributed by atoms with Crippen molar-refractivity contribution in [3.05, 3.63) is 78.8 Å². The Kier molecular flexibility index (Phi) is 4.93. The molecule has 0 aliphatic carbocycles. The zero-order valence-electron chi connectivity index (χ0n) is 15.0. The quantitative estimate of drug-likeness (QED) is 0.522. The second-order valence-corrected chi connectivity index (χ2v) is 6.26. The summed E-state index contributed by atoms with van der Waals surface area (Å²) in [6, 6.07) is 20.5. The highest BCUT2D eigenvalue weighted by molar-refractivity contribution is 5.93. The molecular weight excluding hydrogens is 356 g/mol. The number of para-hydroxylation sites is 1. The number of rotatable bonds is 6. The number of carbonyl (C=O) groups excluding carboxylic acids is 2. The van der Waals surface area contributed by atoms with Gasteiger partial charge < -0.3 is 19.5 Å². The van der Waals surface area contributed by atoms with Crippen LogP contribution in [0.1, 0.15) is 17.0 Å². The van der Waals surface area contributed by atoms with Gasteiger partial charge >= 0.3 is 0 Å². The molecule has 0 bridgehead atoms. The molecule has 0 saturated heterocycles. The molecule has 2 aromatic heterocycles. The molecule has 0 fully saturated rings. The number of fused-ring (bicyclic) bond motifs is 1. The van der Waals surface area contributed by atoms with E-state index < -0.39 is 0 Å². The molecule has 6 nitrogen and oxygen atoms in total. The Morgan fingerprint density at radius 3 is 2.50 bits per heavy atom. The largest absolute Gasteiger partial charge is 0.459 e. The van der Waals surface area contributed by atoms with Crippen molar-refractivity contribution in [2.45, 2.75) is 6.42 Å². The summed E-state index contributed by atoms with van der Waals surface area (Å²) in [6.45, 7) is 0.225. The first-order valence-corrected chi connectivity index (χ1v) is 8.89. The van der Waals surface area contributed by atoms with E-state index in [0.29, 0.717) is 5.69 Å². The summed E-state index contributed by atoms with van der Waals surface area (Å²) in [7, 11) is 0. The zero-order chi connectivity index (χ0) is 19.3. The van der Waals surface area contributed by atoms with Crippen molar-refractivity contribution >= 4 is 28.5 Å². The second kappa shape index (κ2) is 7.84. The minimum Gasteiger partial charge on any atom is -0.459 e. The van der Waals surface area contributed by atoms with Crippen LogP contribution >= 0.6 is 0 Å². The third-order valence-electron chi connectivity index (χ3n) is 4.26. The van der Waals surface area contributed by atoms with Crippen LogP contribution in [0.2, 0.25) is 0 Å². The van der Waals surface area contributed by atoms with Gasteiger partial charge in [0.1, 0.15) is 11.3 Å². The second-order valence-electron chi connectivity index (χ2n) is 6.26. The summed E-state index contributed by atoms with van der Waals surface area (Å²) in [6.07, 6.45) is 1.59. The van der Waals surface area contributed by atoms with Gasteiger partial charge in [0.2, 0.25) is 5.91 Å². The van der Waals surface area contributed by atoms with Gasteiger partial charge in [-0.05, 0) is 48.5 Å². The molecule has 0 atom stereocenters. The van der Waals surface area contributed by atoms with Crippen LogP contribution in [0.25, 0.3) is 22.3 Å². The maximum absolute atomic E-state index is 12.0. The lowest BCUT2D eigenvalue weighted by molar-refractivity contribution is -0.116. The van der Waals surface area contributed by atoms with E-state index in [9.17, 15) is 9.59 Å². The summed E-state index contributed by atoms with van der Waals surface area (Å²) in [5.41, 5.74) is 2.45. The maximum atomic E-state index is 12.0. The lowest BCUT2D eigenvalue weighted by atomic mass is 10.1. The molecule has 4 rings (SSSR count). The van der Waals surface area contributed by atoms with Gasteiger partial charge in [0.25, 0.3) is 5.91 Å². The highest BCUT2D eigenvalue weighted by Gasteiger charge is 2.10. The third kappa shape index (κ3) is 3.96. The van der Waals surface area contributed by atoms with Crippen LogP contribution in [0.5, 0.6) is 0 Å². The summed E-state index contributed by atoms with van der Waals surface area (Å²) in [5.74, 6) is 0.477. The predicted molar refractivity (Wildman–Crippen MR) is 106 cm³/mol. The Balaban J connectivity index is 1.31. The average molecular weight is 374 g/mol. The number of amides is 2. The van der Waals surface area contributed by atoms with Crippen LogP contribution in [-0.2, 0) is 4.79 Å². The van der Waals surface area contributed by atoms with E-state index in [1.807, 2.05) is 54.6 Å². The van der Waals surface area contributed by atoms with Gasteiger partial charge in [0.15, 0.2) is 5.76 Å². The first kappa shape index (κ1) is 17.6. The molecule has 0 saturated carbocycles. The van der Waals surface area contributed by atoms with Gasteiger partial charge in [-0.25, -0.2) is 0 Å². The molecule has 2 heterocycles. The number of hydrogen-bond donors (Lipinski definition) is 2. The van der Waals surface area contributed by atoms with E-state index in [1.54, 1.807) is 12.1 Å². The normalized spacial score (nSPS) is 10.7. The monoisotopic (exact) mass is 374 g/mol. The Labute approximate surface area is 161 Å². The minimum atomic E-state index is -0.340.